The van der Waals surface area contributed by atoms with Gasteiger partial charge in [0.2, 0.25) is 0 Å². The van der Waals surface area contributed by atoms with Crippen molar-refractivity contribution < 1.29 is 5.11 Å². The maximum Gasteiger partial charge on any atom is 0.0803 e. The average molecular weight is 316 g/mol. The van der Waals surface area contributed by atoms with E-state index in [1.54, 1.807) is 0 Å². The molecule has 2 aliphatic rings. The van der Waals surface area contributed by atoms with E-state index < -0.39 is 5.60 Å². The molecule has 2 atom stereocenters. The second-order valence-electron chi connectivity index (χ2n) is 7.80. The molecule has 2 N–H and O–H groups in total. The Morgan fingerprint density at radius 1 is 0.957 bits per heavy atom. The predicted molar refractivity (Wildman–Crippen MR) is 96.5 cm³/mol. The van der Waals surface area contributed by atoms with E-state index in [4.69, 9.17) is 0 Å². The van der Waals surface area contributed by atoms with Crippen LogP contribution in [0.4, 0.5) is 0 Å². The van der Waals surface area contributed by atoms with Crippen molar-refractivity contribution in [3.05, 3.63) is 35.9 Å². The lowest BCUT2D eigenvalue weighted by molar-refractivity contribution is -0.0349. The second-order valence-corrected chi connectivity index (χ2v) is 7.80. The fraction of sp³-hybridized carbons (Fsp3) is 0.714. The largest absolute Gasteiger partial charge is 0.388 e. The van der Waals surface area contributed by atoms with Gasteiger partial charge in [0.25, 0.3) is 0 Å². The fourth-order valence-electron chi connectivity index (χ4n) is 4.52. The molecule has 2 aliphatic carbocycles. The van der Waals surface area contributed by atoms with E-state index in [0.29, 0.717) is 6.04 Å². The van der Waals surface area contributed by atoms with Crippen molar-refractivity contribution in [3.63, 3.8) is 0 Å². The van der Waals surface area contributed by atoms with Crippen molar-refractivity contribution in [3.8, 4) is 0 Å². The molecule has 0 unspecified atom stereocenters. The van der Waals surface area contributed by atoms with Crippen LogP contribution in [0.15, 0.2) is 30.3 Å². The quantitative estimate of drug-likeness (QED) is 0.812. The maximum atomic E-state index is 11.3. The summed E-state index contributed by atoms with van der Waals surface area (Å²) >= 11 is 0. The smallest absolute Gasteiger partial charge is 0.0803 e. The molecule has 1 aromatic carbocycles. The van der Waals surface area contributed by atoms with E-state index in [9.17, 15) is 5.11 Å². The van der Waals surface area contributed by atoms with Crippen molar-refractivity contribution in [2.24, 2.45) is 5.92 Å². The first-order chi connectivity index (χ1) is 11.3. The molecule has 0 radical (unpaired) electrons. The molecule has 23 heavy (non-hydrogen) atoms. The summed E-state index contributed by atoms with van der Waals surface area (Å²) in [6, 6.07) is 10.9. The van der Waals surface area contributed by atoms with Crippen LogP contribution in [0.2, 0.25) is 0 Å². The number of benzene rings is 1. The summed E-state index contributed by atoms with van der Waals surface area (Å²) in [5.74, 6) is 0.837. The molecular weight excluding hydrogens is 282 g/mol. The van der Waals surface area contributed by atoms with Gasteiger partial charge in [0, 0.05) is 6.04 Å². The molecule has 1 aromatic rings. The highest BCUT2D eigenvalue weighted by Crippen LogP contribution is 2.33. The van der Waals surface area contributed by atoms with E-state index in [0.717, 1.165) is 38.1 Å². The van der Waals surface area contributed by atoms with E-state index in [1.165, 1.54) is 50.5 Å². The Morgan fingerprint density at radius 3 is 2.48 bits per heavy atom. The summed E-state index contributed by atoms with van der Waals surface area (Å²) < 4.78 is 0. The Kier molecular flexibility index (Phi) is 6.13. The van der Waals surface area contributed by atoms with Crippen LogP contribution >= 0.6 is 0 Å². The molecular formula is C21H33NO. The van der Waals surface area contributed by atoms with Crippen LogP contribution in [-0.2, 0) is 6.42 Å². The summed E-state index contributed by atoms with van der Waals surface area (Å²) in [6.07, 6.45) is 13.4. The van der Waals surface area contributed by atoms with E-state index >= 15 is 0 Å². The normalized spacial score (nSPS) is 29.5. The molecule has 128 valence electrons. The van der Waals surface area contributed by atoms with Crippen LogP contribution in [0.25, 0.3) is 0 Å². The van der Waals surface area contributed by atoms with Gasteiger partial charge in [-0.2, -0.15) is 0 Å². The SMILES string of the molecule is O[C@@]1(CCc2ccccc2)CCCC[C@@H]1NCC1CCCCC1. The zero-order valence-corrected chi connectivity index (χ0v) is 14.5. The maximum absolute atomic E-state index is 11.3. The van der Waals surface area contributed by atoms with Gasteiger partial charge in [0.15, 0.2) is 0 Å². The van der Waals surface area contributed by atoms with Gasteiger partial charge in [-0.15, -0.1) is 0 Å². The van der Waals surface area contributed by atoms with Gasteiger partial charge in [0.1, 0.15) is 0 Å². The molecule has 2 nitrogen and oxygen atoms in total. The van der Waals surface area contributed by atoms with Crippen LogP contribution < -0.4 is 5.32 Å². The molecule has 2 heteroatoms. The minimum atomic E-state index is -0.511. The molecule has 0 aromatic heterocycles. The topological polar surface area (TPSA) is 32.3 Å². The van der Waals surface area contributed by atoms with E-state index in [2.05, 4.69) is 35.6 Å². The summed E-state index contributed by atoms with van der Waals surface area (Å²) in [7, 11) is 0. The Bertz CT molecular complexity index is 454. The van der Waals surface area contributed by atoms with Crippen molar-refractivity contribution in [2.45, 2.75) is 82.3 Å². The average Bonchev–Trinajstić information content (AvgIpc) is 2.61. The number of rotatable bonds is 6. The van der Waals surface area contributed by atoms with Gasteiger partial charge in [-0.05, 0) is 56.6 Å². The number of aliphatic hydroxyl groups is 1. The minimum Gasteiger partial charge on any atom is -0.388 e. The molecule has 2 fully saturated rings. The second kappa shape index (κ2) is 8.30. The summed E-state index contributed by atoms with van der Waals surface area (Å²) in [6.45, 7) is 1.11. The molecule has 0 heterocycles. The van der Waals surface area contributed by atoms with Crippen molar-refractivity contribution in [1.82, 2.24) is 5.32 Å². The van der Waals surface area contributed by atoms with Crippen LogP contribution in [0.5, 0.6) is 0 Å². The van der Waals surface area contributed by atoms with Crippen molar-refractivity contribution in [1.29, 1.82) is 0 Å². The van der Waals surface area contributed by atoms with Gasteiger partial charge < -0.3 is 10.4 Å². The highest BCUT2D eigenvalue weighted by molar-refractivity contribution is 5.15. The summed E-state index contributed by atoms with van der Waals surface area (Å²) in [5.41, 5.74) is 0.834. The third-order valence-corrected chi connectivity index (χ3v) is 6.07. The number of hydrogen-bond acceptors (Lipinski definition) is 2. The molecule has 0 aliphatic heterocycles. The van der Waals surface area contributed by atoms with Gasteiger partial charge >= 0.3 is 0 Å². The molecule has 3 rings (SSSR count). The van der Waals surface area contributed by atoms with Gasteiger partial charge in [-0.25, -0.2) is 0 Å². The first-order valence-electron chi connectivity index (χ1n) is 9.76. The molecule has 0 spiro atoms. The summed E-state index contributed by atoms with van der Waals surface area (Å²) in [4.78, 5) is 0. The van der Waals surface area contributed by atoms with Gasteiger partial charge in [-0.3, -0.25) is 0 Å². The zero-order valence-electron chi connectivity index (χ0n) is 14.5. The van der Waals surface area contributed by atoms with Crippen molar-refractivity contribution >= 4 is 0 Å². The van der Waals surface area contributed by atoms with Crippen LogP contribution in [0.1, 0.15) is 69.8 Å². The van der Waals surface area contributed by atoms with Gasteiger partial charge in [-0.1, -0.05) is 62.4 Å². The zero-order chi connectivity index (χ0) is 16.0. The lowest BCUT2D eigenvalue weighted by Gasteiger charge is -2.41. The monoisotopic (exact) mass is 315 g/mol. The van der Waals surface area contributed by atoms with Crippen molar-refractivity contribution in [2.75, 3.05) is 6.54 Å². The Morgan fingerprint density at radius 2 is 1.70 bits per heavy atom. The predicted octanol–water partition coefficient (Wildman–Crippen LogP) is 4.46. The Labute approximate surface area is 141 Å². The molecule has 0 amide bonds. The van der Waals surface area contributed by atoms with Crippen LogP contribution in [-0.4, -0.2) is 23.3 Å². The first kappa shape index (κ1) is 17.0. The molecule has 2 saturated carbocycles. The third-order valence-electron chi connectivity index (χ3n) is 6.07. The highest BCUT2D eigenvalue weighted by atomic mass is 16.3. The Hall–Kier alpha value is -0.860. The number of hydrogen-bond donors (Lipinski definition) is 2. The third kappa shape index (κ3) is 4.81. The highest BCUT2D eigenvalue weighted by Gasteiger charge is 2.38. The van der Waals surface area contributed by atoms with Gasteiger partial charge in [0.05, 0.1) is 5.60 Å². The van der Waals surface area contributed by atoms with Crippen LogP contribution in [0, 0.1) is 5.92 Å². The van der Waals surface area contributed by atoms with E-state index in [-0.39, 0.29) is 0 Å². The molecule has 0 saturated heterocycles. The number of nitrogens with one attached hydrogen (secondary N) is 1. The number of aryl methyl sites for hydroxylation is 1. The molecule has 0 bridgehead atoms. The summed E-state index contributed by atoms with van der Waals surface area (Å²) in [5, 5.41) is 15.0. The minimum absolute atomic E-state index is 0.293. The standard InChI is InChI=1S/C21H33NO/c23-21(16-14-18-9-3-1-4-10-18)15-8-7-13-20(21)22-17-19-11-5-2-6-12-19/h1,3-4,9-10,19-20,22-23H,2,5-8,11-17H2/t20-,21+/m0/s1. The first-order valence-corrected chi connectivity index (χ1v) is 9.76. The van der Waals surface area contributed by atoms with E-state index in [1.807, 2.05) is 0 Å². The Balaban J connectivity index is 1.53. The van der Waals surface area contributed by atoms with Crippen LogP contribution in [0.3, 0.4) is 0 Å². The lowest BCUT2D eigenvalue weighted by Crippen LogP contribution is -2.54. The lowest BCUT2D eigenvalue weighted by atomic mass is 9.76. The fourth-order valence-corrected chi connectivity index (χ4v) is 4.52.